The van der Waals surface area contributed by atoms with E-state index in [1.165, 1.54) is 12.1 Å². The molecule has 0 radical (unpaired) electrons. The van der Waals surface area contributed by atoms with Crippen LogP contribution in [-0.4, -0.2) is 19.3 Å². The molecule has 1 unspecified atom stereocenters. The lowest BCUT2D eigenvalue weighted by molar-refractivity contribution is 0.122. The molecule has 0 bridgehead atoms. The van der Waals surface area contributed by atoms with Gasteiger partial charge in [-0.15, -0.1) is 0 Å². The molecule has 0 aliphatic carbocycles. The quantitative estimate of drug-likeness (QED) is 0.595. The van der Waals surface area contributed by atoms with Crippen LogP contribution in [-0.2, 0) is 11.2 Å². The third kappa shape index (κ3) is 4.06. The second-order valence-corrected chi connectivity index (χ2v) is 3.90. The summed E-state index contributed by atoms with van der Waals surface area (Å²) in [6.45, 7) is 2.95. The van der Waals surface area contributed by atoms with Gasteiger partial charge < -0.3 is 4.74 Å². The van der Waals surface area contributed by atoms with Crippen molar-refractivity contribution >= 4 is 11.6 Å². The van der Waals surface area contributed by atoms with Crippen LogP contribution in [0.15, 0.2) is 18.2 Å². The van der Waals surface area contributed by atoms with E-state index < -0.39 is 0 Å². The van der Waals surface area contributed by atoms with Gasteiger partial charge in [-0.2, -0.15) is 0 Å². The van der Waals surface area contributed by atoms with E-state index >= 15 is 0 Å². The minimum absolute atomic E-state index is 0.118. The lowest BCUT2D eigenvalue weighted by Gasteiger charge is -2.16. The topological polar surface area (TPSA) is 47.3 Å². The molecule has 0 spiro atoms. The van der Waals surface area contributed by atoms with Crippen LogP contribution in [0, 0.1) is 5.82 Å². The predicted octanol–water partition coefficient (Wildman–Crippen LogP) is 1.89. The normalized spacial score (nSPS) is 12.8. The lowest BCUT2D eigenvalue weighted by atomic mass is 10.1. The second-order valence-electron chi connectivity index (χ2n) is 3.46. The first-order valence-electron chi connectivity index (χ1n) is 5.15. The zero-order chi connectivity index (χ0) is 12.0. The van der Waals surface area contributed by atoms with Crippen LogP contribution >= 0.6 is 11.6 Å². The Morgan fingerprint density at radius 1 is 1.56 bits per heavy atom. The van der Waals surface area contributed by atoms with Crippen molar-refractivity contribution in [3.05, 3.63) is 34.6 Å². The van der Waals surface area contributed by atoms with Gasteiger partial charge in [-0.1, -0.05) is 11.6 Å². The molecule has 0 saturated heterocycles. The summed E-state index contributed by atoms with van der Waals surface area (Å²) in [5.74, 6) is 5.09. The summed E-state index contributed by atoms with van der Waals surface area (Å²) in [5, 5.41) is 0.517. The Morgan fingerprint density at radius 2 is 2.31 bits per heavy atom. The third-order valence-electron chi connectivity index (χ3n) is 2.23. The molecule has 1 aromatic rings. The van der Waals surface area contributed by atoms with E-state index in [4.69, 9.17) is 22.2 Å². The molecule has 1 rings (SSSR count). The molecule has 90 valence electrons. The van der Waals surface area contributed by atoms with Gasteiger partial charge in [-0.3, -0.25) is 11.3 Å². The Labute approximate surface area is 99.7 Å². The first kappa shape index (κ1) is 13.4. The van der Waals surface area contributed by atoms with Crippen molar-refractivity contribution < 1.29 is 9.13 Å². The van der Waals surface area contributed by atoms with Gasteiger partial charge >= 0.3 is 0 Å². The highest BCUT2D eigenvalue weighted by molar-refractivity contribution is 6.30. The molecule has 0 saturated carbocycles. The van der Waals surface area contributed by atoms with Gasteiger partial charge in [0.2, 0.25) is 0 Å². The van der Waals surface area contributed by atoms with Gasteiger partial charge in [0.15, 0.2) is 0 Å². The van der Waals surface area contributed by atoms with Crippen molar-refractivity contribution in [2.75, 3.05) is 13.2 Å². The molecule has 5 heteroatoms. The fraction of sp³-hybridized carbons (Fsp3) is 0.455. The van der Waals surface area contributed by atoms with Crippen molar-refractivity contribution in [2.45, 2.75) is 19.4 Å². The smallest absolute Gasteiger partial charge is 0.126 e. The van der Waals surface area contributed by atoms with Crippen molar-refractivity contribution in [1.29, 1.82) is 0 Å². The number of hydrazine groups is 1. The van der Waals surface area contributed by atoms with E-state index in [2.05, 4.69) is 5.43 Å². The van der Waals surface area contributed by atoms with Gasteiger partial charge in [0.25, 0.3) is 0 Å². The van der Waals surface area contributed by atoms with E-state index in [0.29, 0.717) is 30.2 Å². The molecule has 0 aromatic heterocycles. The minimum atomic E-state index is -0.277. The summed E-state index contributed by atoms with van der Waals surface area (Å²) in [6.07, 6.45) is 0.447. The van der Waals surface area contributed by atoms with Crippen LogP contribution in [0.3, 0.4) is 0 Å². The Hall–Kier alpha value is -0.680. The third-order valence-corrected chi connectivity index (χ3v) is 2.47. The molecule has 0 fully saturated rings. The Kier molecular flexibility index (Phi) is 5.69. The monoisotopic (exact) mass is 246 g/mol. The number of benzene rings is 1. The summed E-state index contributed by atoms with van der Waals surface area (Å²) in [5.41, 5.74) is 3.13. The van der Waals surface area contributed by atoms with Crippen LogP contribution < -0.4 is 11.3 Å². The molecule has 0 aliphatic rings. The molecular formula is C11H16ClFN2O. The van der Waals surface area contributed by atoms with Gasteiger partial charge in [-0.05, 0) is 37.1 Å². The van der Waals surface area contributed by atoms with Crippen LogP contribution in [0.2, 0.25) is 5.02 Å². The van der Waals surface area contributed by atoms with E-state index in [1.807, 2.05) is 6.92 Å². The molecule has 16 heavy (non-hydrogen) atoms. The largest absolute Gasteiger partial charge is 0.380 e. The fourth-order valence-electron chi connectivity index (χ4n) is 1.39. The van der Waals surface area contributed by atoms with Crippen molar-refractivity contribution in [3.63, 3.8) is 0 Å². The minimum Gasteiger partial charge on any atom is -0.380 e. The molecule has 3 nitrogen and oxygen atoms in total. The number of ether oxygens (including phenoxy) is 1. The maximum atomic E-state index is 13.4. The van der Waals surface area contributed by atoms with Gasteiger partial charge in [0.05, 0.1) is 6.61 Å². The van der Waals surface area contributed by atoms with Crippen LogP contribution in [0.1, 0.15) is 12.5 Å². The number of nitrogens with two attached hydrogens (primary N) is 1. The lowest BCUT2D eigenvalue weighted by Crippen LogP contribution is -2.40. The van der Waals surface area contributed by atoms with Gasteiger partial charge in [0.1, 0.15) is 5.82 Å². The molecule has 0 aliphatic heterocycles. The van der Waals surface area contributed by atoms with Gasteiger partial charge in [0, 0.05) is 17.7 Å². The zero-order valence-electron chi connectivity index (χ0n) is 9.17. The number of hydrogen-bond acceptors (Lipinski definition) is 3. The SMILES string of the molecule is CCOCC(Cc1cc(Cl)ccc1F)NN. The zero-order valence-corrected chi connectivity index (χ0v) is 9.93. The van der Waals surface area contributed by atoms with E-state index in [1.54, 1.807) is 6.07 Å². The summed E-state index contributed by atoms with van der Waals surface area (Å²) < 4.78 is 18.7. The Balaban J connectivity index is 2.65. The predicted molar refractivity (Wildman–Crippen MR) is 62.7 cm³/mol. The Bertz CT molecular complexity index is 336. The van der Waals surface area contributed by atoms with Crippen molar-refractivity contribution in [3.8, 4) is 0 Å². The number of rotatable bonds is 6. The second kappa shape index (κ2) is 6.81. The summed E-state index contributed by atoms with van der Waals surface area (Å²) in [4.78, 5) is 0. The highest BCUT2D eigenvalue weighted by atomic mass is 35.5. The van der Waals surface area contributed by atoms with Crippen LogP contribution in [0.5, 0.6) is 0 Å². The first-order chi connectivity index (χ1) is 7.67. The van der Waals surface area contributed by atoms with Crippen molar-refractivity contribution in [2.24, 2.45) is 5.84 Å². The number of hydrogen-bond donors (Lipinski definition) is 2. The van der Waals surface area contributed by atoms with E-state index in [9.17, 15) is 4.39 Å². The van der Waals surface area contributed by atoms with E-state index in [-0.39, 0.29) is 11.9 Å². The molecule has 0 amide bonds. The maximum Gasteiger partial charge on any atom is 0.126 e. The summed E-state index contributed by atoms with van der Waals surface area (Å²) >= 11 is 5.80. The molecule has 0 heterocycles. The number of halogens is 2. The average molecular weight is 247 g/mol. The fourth-order valence-corrected chi connectivity index (χ4v) is 1.59. The van der Waals surface area contributed by atoms with Crippen LogP contribution in [0.25, 0.3) is 0 Å². The molecule has 1 aromatic carbocycles. The van der Waals surface area contributed by atoms with Gasteiger partial charge in [-0.25, -0.2) is 4.39 Å². The molecule has 1 atom stereocenters. The average Bonchev–Trinajstić information content (AvgIpc) is 2.28. The Morgan fingerprint density at radius 3 is 2.94 bits per heavy atom. The summed E-state index contributed by atoms with van der Waals surface area (Å²) in [7, 11) is 0. The highest BCUT2D eigenvalue weighted by Gasteiger charge is 2.11. The first-order valence-corrected chi connectivity index (χ1v) is 5.53. The van der Waals surface area contributed by atoms with Crippen LogP contribution in [0.4, 0.5) is 4.39 Å². The molecule has 3 N–H and O–H groups in total. The van der Waals surface area contributed by atoms with E-state index in [0.717, 1.165) is 0 Å². The van der Waals surface area contributed by atoms with Crippen molar-refractivity contribution in [1.82, 2.24) is 5.43 Å². The highest BCUT2D eigenvalue weighted by Crippen LogP contribution is 2.16. The summed E-state index contributed by atoms with van der Waals surface area (Å²) in [6, 6.07) is 4.36. The maximum absolute atomic E-state index is 13.4. The molecular weight excluding hydrogens is 231 g/mol. The number of nitrogens with one attached hydrogen (secondary N) is 1. The standard InChI is InChI=1S/C11H16ClFN2O/c1-2-16-7-10(15-14)6-8-5-9(12)3-4-11(8)13/h3-5,10,15H,2,6-7,14H2,1H3.